The van der Waals surface area contributed by atoms with Crippen LogP contribution in [0.1, 0.15) is 290 Å². The number of aliphatic hydroxyl groups excluding tert-OH is 1. The number of likely N-dealkylation sites (N-methyl/N-ethyl adjacent to an activating group) is 1. The number of phosphoric ester groups is 1. The lowest BCUT2D eigenvalue weighted by molar-refractivity contribution is -0.870. The first-order valence-electron chi connectivity index (χ1n) is 28.5. The molecule has 0 bridgehead atoms. The van der Waals surface area contributed by atoms with E-state index in [2.05, 4.69) is 31.3 Å². The quantitative estimate of drug-likeness (QED) is 0.0272. The molecule has 388 valence electrons. The smallest absolute Gasteiger partial charge is 0.268 e. The monoisotopic (exact) mass is 941 g/mol. The van der Waals surface area contributed by atoms with Gasteiger partial charge in [0, 0.05) is 6.42 Å². The summed E-state index contributed by atoms with van der Waals surface area (Å²) in [5, 5.41) is 14.0. The van der Waals surface area contributed by atoms with E-state index in [1.165, 1.54) is 212 Å². The summed E-state index contributed by atoms with van der Waals surface area (Å²) in [6.45, 7) is 4.74. The Morgan fingerprint density at radius 3 is 1.20 bits per heavy atom. The fourth-order valence-electron chi connectivity index (χ4n) is 8.74. The normalized spacial score (nSPS) is 14.0. The molecule has 0 heterocycles. The van der Waals surface area contributed by atoms with E-state index in [1.54, 1.807) is 0 Å². The summed E-state index contributed by atoms with van der Waals surface area (Å²) < 4.78 is 23.4. The van der Waals surface area contributed by atoms with Crippen LogP contribution in [0.3, 0.4) is 0 Å². The maximum atomic E-state index is 12.9. The molecule has 0 aromatic rings. The Hall–Kier alpha value is -0.760. The maximum Gasteiger partial charge on any atom is 0.268 e. The van der Waals surface area contributed by atoms with Gasteiger partial charge in [0.1, 0.15) is 13.2 Å². The number of nitrogens with zero attached hydrogens (tertiary/aromatic N) is 1. The average molecular weight is 942 g/mol. The van der Waals surface area contributed by atoms with E-state index in [9.17, 15) is 19.4 Å². The van der Waals surface area contributed by atoms with Crippen LogP contribution in [0.5, 0.6) is 0 Å². The second-order valence-electron chi connectivity index (χ2n) is 21.0. The first-order valence-corrected chi connectivity index (χ1v) is 30.0. The van der Waals surface area contributed by atoms with Gasteiger partial charge in [-0.3, -0.25) is 9.36 Å². The fraction of sp³-hybridized carbons (Fsp3) is 0.946. The molecular weight excluding hydrogens is 828 g/mol. The summed E-state index contributed by atoms with van der Waals surface area (Å²) >= 11 is 0. The minimum Gasteiger partial charge on any atom is -0.756 e. The third kappa shape index (κ3) is 50.9. The summed E-state index contributed by atoms with van der Waals surface area (Å²) in [5.74, 6) is -0.170. The number of aliphatic hydroxyl groups is 1. The summed E-state index contributed by atoms with van der Waals surface area (Å²) in [6.07, 6.45) is 58.2. The van der Waals surface area contributed by atoms with Gasteiger partial charge in [-0.05, 0) is 38.5 Å². The molecule has 3 unspecified atom stereocenters. The van der Waals surface area contributed by atoms with Crippen molar-refractivity contribution in [1.29, 1.82) is 0 Å². The molecule has 65 heavy (non-hydrogen) atoms. The van der Waals surface area contributed by atoms with Gasteiger partial charge in [0.2, 0.25) is 5.91 Å². The SMILES string of the molecule is CCCCCCC/C=C\CCCCCCCC(=O)NC(COP(=O)([O-])OCC[N+](C)(C)C)C(O)CCCCCCCCCCCCCCCCCCCCCCCCCCCCCCC. The van der Waals surface area contributed by atoms with Crippen LogP contribution >= 0.6 is 7.82 Å². The summed E-state index contributed by atoms with van der Waals surface area (Å²) in [6, 6.07) is -0.802. The van der Waals surface area contributed by atoms with Crippen molar-refractivity contribution in [3.05, 3.63) is 12.2 Å². The average Bonchev–Trinajstić information content (AvgIpc) is 3.26. The molecule has 0 aromatic heterocycles. The van der Waals surface area contributed by atoms with Gasteiger partial charge in [0.25, 0.3) is 7.82 Å². The van der Waals surface area contributed by atoms with Gasteiger partial charge in [-0.2, -0.15) is 0 Å². The Morgan fingerprint density at radius 1 is 0.523 bits per heavy atom. The molecule has 0 saturated heterocycles. The van der Waals surface area contributed by atoms with Gasteiger partial charge in [-0.15, -0.1) is 0 Å². The number of amides is 1. The predicted octanol–water partition coefficient (Wildman–Crippen LogP) is 16.4. The van der Waals surface area contributed by atoms with Crippen LogP contribution in [0.2, 0.25) is 0 Å². The van der Waals surface area contributed by atoms with Crippen LogP contribution in [0.25, 0.3) is 0 Å². The lowest BCUT2D eigenvalue weighted by Crippen LogP contribution is -2.46. The van der Waals surface area contributed by atoms with Crippen molar-refractivity contribution < 1.29 is 32.9 Å². The summed E-state index contributed by atoms with van der Waals surface area (Å²) in [5.41, 5.74) is 0. The molecule has 0 saturated carbocycles. The van der Waals surface area contributed by atoms with Gasteiger partial charge < -0.3 is 28.8 Å². The van der Waals surface area contributed by atoms with Crippen LogP contribution in [0, 0.1) is 0 Å². The molecule has 0 fully saturated rings. The highest BCUT2D eigenvalue weighted by molar-refractivity contribution is 7.45. The number of nitrogens with one attached hydrogen (secondary N) is 1. The van der Waals surface area contributed by atoms with E-state index in [1.807, 2.05) is 21.1 Å². The van der Waals surface area contributed by atoms with Crippen LogP contribution in [0.15, 0.2) is 12.2 Å². The molecule has 0 aromatic carbocycles. The molecule has 0 aliphatic heterocycles. The maximum absolute atomic E-state index is 12.9. The number of phosphoric acid groups is 1. The van der Waals surface area contributed by atoms with Crippen LogP contribution in [-0.4, -0.2) is 68.5 Å². The van der Waals surface area contributed by atoms with E-state index in [-0.39, 0.29) is 19.1 Å². The standard InChI is InChI=1S/C56H113N2O6P/c1-6-8-10-12-14-16-18-20-22-23-24-25-26-27-28-29-30-31-32-33-34-35-36-37-39-41-43-45-47-49-55(59)54(53-64-65(61,62)63-52-51-58(3,4)5)57-56(60)50-48-46-44-42-40-38-21-19-17-15-13-11-9-7-2/h19,21,54-55,59H,6-18,20,22-53H2,1-5H3,(H-,57,60,61,62)/b21-19-. The van der Waals surface area contributed by atoms with Gasteiger partial charge >= 0.3 is 0 Å². The van der Waals surface area contributed by atoms with Crippen molar-refractivity contribution >= 4 is 13.7 Å². The van der Waals surface area contributed by atoms with Gasteiger partial charge in [-0.1, -0.05) is 257 Å². The first kappa shape index (κ1) is 64.2. The molecule has 9 heteroatoms. The van der Waals surface area contributed by atoms with Crippen molar-refractivity contribution in [2.45, 2.75) is 302 Å². The van der Waals surface area contributed by atoms with Crippen molar-refractivity contribution in [3.63, 3.8) is 0 Å². The van der Waals surface area contributed by atoms with Gasteiger partial charge in [0.15, 0.2) is 0 Å². The lowest BCUT2D eigenvalue weighted by atomic mass is 10.0. The summed E-state index contributed by atoms with van der Waals surface area (Å²) in [7, 11) is 1.31. The highest BCUT2D eigenvalue weighted by Gasteiger charge is 2.24. The molecule has 3 atom stereocenters. The molecule has 0 rings (SSSR count). The number of rotatable bonds is 53. The molecule has 0 aliphatic carbocycles. The van der Waals surface area contributed by atoms with Gasteiger partial charge in [0.05, 0.1) is 39.9 Å². The molecule has 0 spiro atoms. The molecule has 0 radical (unpaired) electrons. The van der Waals surface area contributed by atoms with Crippen LogP contribution in [-0.2, 0) is 18.4 Å². The summed E-state index contributed by atoms with van der Waals surface area (Å²) in [4.78, 5) is 25.4. The number of hydrogen-bond donors (Lipinski definition) is 2. The Labute approximate surface area is 405 Å². The van der Waals surface area contributed by atoms with Gasteiger partial charge in [-0.25, -0.2) is 0 Å². The van der Waals surface area contributed by atoms with Crippen molar-refractivity contribution in [2.24, 2.45) is 0 Å². The van der Waals surface area contributed by atoms with E-state index in [4.69, 9.17) is 9.05 Å². The molecular formula is C56H113N2O6P. The van der Waals surface area contributed by atoms with Crippen molar-refractivity contribution in [2.75, 3.05) is 40.9 Å². The minimum absolute atomic E-state index is 0.0128. The second-order valence-corrected chi connectivity index (χ2v) is 22.4. The molecule has 1 amide bonds. The Balaban J connectivity index is 4.05. The lowest BCUT2D eigenvalue weighted by Gasteiger charge is -2.30. The number of carbonyl (C=O) groups excluding carboxylic acids is 1. The first-order chi connectivity index (χ1) is 31.5. The Kier molecular flexibility index (Phi) is 47.7. The zero-order chi connectivity index (χ0) is 47.8. The predicted molar refractivity (Wildman–Crippen MR) is 279 cm³/mol. The zero-order valence-corrected chi connectivity index (χ0v) is 45.1. The third-order valence-electron chi connectivity index (χ3n) is 13.3. The zero-order valence-electron chi connectivity index (χ0n) is 44.2. The highest BCUT2D eigenvalue weighted by Crippen LogP contribution is 2.38. The number of hydrogen-bond acceptors (Lipinski definition) is 6. The Bertz CT molecular complexity index is 1070. The second kappa shape index (κ2) is 48.3. The van der Waals surface area contributed by atoms with E-state index < -0.39 is 20.0 Å². The number of unbranched alkanes of at least 4 members (excludes halogenated alkanes) is 38. The highest BCUT2D eigenvalue weighted by atomic mass is 31.2. The van der Waals surface area contributed by atoms with E-state index >= 15 is 0 Å². The van der Waals surface area contributed by atoms with Crippen LogP contribution < -0.4 is 10.2 Å². The molecule has 0 aliphatic rings. The molecule has 2 N–H and O–H groups in total. The Morgan fingerprint density at radius 2 is 0.846 bits per heavy atom. The van der Waals surface area contributed by atoms with E-state index in [0.717, 1.165) is 51.4 Å². The van der Waals surface area contributed by atoms with Crippen LogP contribution in [0.4, 0.5) is 0 Å². The minimum atomic E-state index is -4.57. The number of quaternary nitrogens is 1. The fourth-order valence-corrected chi connectivity index (χ4v) is 9.47. The number of carbonyl (C=O) groups is 1. The number of allylic oxidation sites excluding steroid dienone is 2. The van der Waals surface area contributed by atoms with Crippen molar-refractivity contribution in [3.8, 4) is 0 Å². The van der Waals surface area contributed by atoms with Crippen molar-refractivity contribution in [1.82, 2.24) is 5.32 Å². The topological polar surface area (TPSA) is 108 Å². The van der Waals surface area contributed by atoms with E-state index in [0.29, 0.717) is 23.9 Å². The third-order valence-corrected chi connectivity index (χ3v) is 14.2. The molecule has 8 nitrogen and oxygen atoms in total. The largest absolute Gasteiger partial charge is 0.756 e.